The predicted molar refractivity (Wildman–Crippen MR) is 87.9 cm³/mol. The van der Waals surface area contributed by atoms with Crippen LogP contribution in [0.4, 0.5) is 0 Å². The standard InChI is InChI=1S/C18H24N2O2/c1-14-10-19-8-7-16(14)12-20(2)11-15-5-6-18(22-4)17(9-15)13-21-3/h5-10H,11-13H2,1-4H3. The van der Waals surface area contributed by atoms with Gasteiger partial charge < -0.3 is 9.47 Å². The minimum atomic E-state index is 0.560. The summed E-state index contributed by atoms with van der Waals surface area (Å²) in [5.41, 5.74) is 4.87. The fourth-order valence-corrected chi connectivity index (χ4v) is 2.54. The van der Waals surface area contributed by atoms with Crippen LogP contribution in [0.5, 0.6) is 5.75 Å². The Labute approximate surface area is 132 Å². The molecule has 1 heterocycles. The van der Waals surface area contributed by atoms with E-state index in [1.54, 1.807) is 14.2 Å². The summed E-state index contributed by atoms with van der Waals surface area (Å²) in [6.45, 7) is 4.44. The number of benzene rings is 1. The number of hydrogen-bond donors (Lipinski definition) is 0. The number of aromatic nitrogens is 1. The van der Waals surface area contributed by atoms with Crippen LogP contribution in [-0.2, 0) is 24.4 Å². The molecule has 0 amide bonds. The molecule has 1 aromatic heterocycles. The monoisotopic (exact) mass is 300 g/mol. The van der Waals surface area contributed by atoms with Gasteiger partial charge in [-0.2, -0.15) is 0 Å². The molecule has 4 heteroatoms. The average molecular weight is 300 g/mol. The molecule has 0 aliphatic heterocycles. The number of nitrogens with zero attached hydrogens (tertiary/aromatic N) is 2. The molecule has 2 aromatic rings. The van der Waals surface area contributed by atoms with E-state index in [1.165, 1.54) is 16.7 Å². The quantitative estimate of drug-likeness (QED) is 0.786. The Morgan fingerprint density at radius 3 is 2.59 bits per heavy atom. The van der Waals surface area contributed by atoms with Crippen LogP contribution in [0.2, 0.25) is 0 Å². The van der Waals surface area contributed by atoms with Gasteiger partial charge in [-0.1, -0.05) is 6.07 Å². The molecular formula is C18H24N2O2. The largest absolute Gasteiger partial charge is 0.496 e. The summed E-state index contributed by atoms with van der Waals surface area (Å²) in [6, 6.07) is 8.34. The fourth-order valence-electron chi connectivity index (χ4n) is 2.54. The molecular weight excluding hydrogens is 276 g/mol. The van der Waals surface area contributed by atoms with E-state index in [0.29, 0.717) is 6.61 Å². The van der Waals surface area contributed by atoms with Gasteiger partial charge >= 0.3 is 0 Å². The van der Waals surface area contributed by atoms with E-state index in [1.807, 2.05) is 18.5 Å². The van der Waals surface area contributed by atoms with Crippen LogP contribution in [0.3, 0.4) is 0 Å². The third kappa shape index (κ3) is 4.29. The highest BCUT2D eigenvalue weighted by Crippen LogP contribution is 2.21. The van der Waals surface area contributed by atoms with Gasteiger partial charge in [-0.25, -0.2) is 0 Å². The van der Waals surface area contributed by atoms with E-state index in [4.69, 9.17) is 9.47 Å². The minimum absolute atomic E-state index is 0.560. The summed E-state index contributed by atoms with van der Waals surface area (Å²) in [7, 11) is 5.51. The van der Waals surface area contributed by atoms with Crippen molar-refractivity contribution in [1.82, 2.24) is 9.88 Å². The zero-order chi connectivity index (χ0) is 15.9. The van der Waals surface area contributed by atoms with Crippen molar-refractivity contribution in [2.45, 2.75) is 26.6 Å². The molecule has 0 spiro atoms. The van der Waals surface area contributed by atoms with E-state index in [-0.39, 0.29) is 0 Å². The third-order valence-electron chi connectivity index (χ3n) is 3.67. The van der Waals surface area contributed by atoms with Gasteiger partial charge in [-0.3, -0.25) is 9.88 Å². The molecule has 4 nitrogen and oxygen atoms in total. The maximum atomic E-state index is 5.37. The van der Waals surface area contributed by atoms with Crippen molar-refractivity contribution in [3.8, 4) is 5.75 Å². The highest BCUT2D eigenvalue weighted by molar-refractivity contribution is 5.37. The SMILES string of the molecule is COCc1cc(CN(C)Cc2ccncc2C)ccc1OC. The van der Waals surface area contributed by atoms with Crippen molar-refractivity contribution in [1.29, 1.82) is 0 Å². The number of pyridine rings is 1. The molecule has 0 saturated carbocycles. The van der Waals surface area contributed by atoms with Crippen LogP contribution in [0, 0.1) is 6.92 Å². The summed E-state index contributed by atoms with van der Waals surface area (Å²) in [4.78, 5) is 6.43. The first-order chi connectivity index (χ1) is 10.6. The van der Waals surface area contributed by atoms with Crippen LogP contribution in [0.15, 0.2) is 36.7 Å². The van der Waals surface area contributed by atoms with Gasteiger partial charge in [-0.05, 0) is 48.9 Å². The van der Waals surface area contributed by atoms with Crippen molar-refractivity contribution in [2.24, 2.45) is 0 Å². The highest BCUT2D eigenvalue weighted by atomic mass is 16.5. The van der Waals surface area contributed by atoms with Crippen LogP contribution in [-0.4, -0.2) is 31.2 Å². The Kier molecular flexibility index (Phi) is 5.92. The second kappa shape index (κ2) is 7.92. The van der Waals surface area contributed by atoms with Gasteiger partial charge in [0.2, 0.25) is 0 Å². The van der Waals surface area contributed by atoms with Crippen molar-refractivity contribution in [2.75, 3.05) is 21.3 Å². The van der Waals surface area contributed by atoms with Crippen molar-refractivity contribution < 1.29 is 9.47 Å². The van der Waals surface area contributed by atoms with Crippen molar-refractivity contribution >= 4 is 0 Å². The number of ether oxygens (including phenoxy) is 2. The molecule has 0 atom stereocenters. The Hall–Kier alpha value is -1.91. The Morgan fingerprint density at radius 2 is 1.91 bits per heavy atom. The fraction of sp³-hybridized carbons (Fsp3) is 0.389. The number of rotatable bonds is 7. The summed E-state index contributed by atoms with van der Waals surface area (Å²) < 4.78 is 10.6. The van der Waals surface area contributed by atoms with Gasteiger partial charge in [0, 0.05) is 38.2 Å². The zero-order valence-electron chi connectivity index (χ0n) is 13.8. The number of aryl methyl sites for hydroxylation is 1. The van der Waals surface area contributed by atoms with E-state index in [2.05, 4.69) is 42.1 Å². The van der Waals surface area contributed by atoms with Crippen LogP contribution in [0.25, 0.3) is 0 Å². The lowest BCUT2D eigenvalue weighted by Gasteiger charge is -2.19. The zero-order valence-corrected chi connectivity index (χ0v) is 13.8. The predicted octanol–water partition coefficient (Wildman–Crippen LogP) is 3.18. The molecule has 0 saturated heterocycles. The van der Waals surface area contributed by atoms with Gasteiger partial charge in [0.25, 0.3) is 0 Å². The molecule has 0 N–H and O–H groups in total. The van der Waals surface area contributed by atoms with Crippen molar-refractivity contribution in [3.63, 3.8) is 0 Å². The topological polar surface area (TPSA) is 34.6 Å². The van der Waals surface area contributed by atoms with E-state index in [0.717, 1.165) is 24.4 Å². The lowest BCUT2D eigenvalue weighted by molar-refractivity contribution is 0.181. The van der Waals surface area contributed by atoms with Crippen LogP contribution < -0.4 is 4.74 Å². The Bertz CT molecular complexity index is 614. The maximum Gasteiger partial charge on any atom is 0.124 e. The van der Waals surface area contributed by atoms with Gasteiger partial charge in [0.15, 0.2) is 0 Å². The van der Waals surface area contributed by atoms with Gasteiger partial charge in [0.1, 0.15) is 5.75 Å². The lowest BCUT2D eigenvalue weighted by Crippen LogP contribution is -2.18. The van der Waals surface area contributed by atoms with Crippen molar-refractivity contribution in [3.05, 3.63) is 58.9 Å². The first-order valence-electron chi connectivity index (χ1n) is 7.36. The average Bonchev–Trinajstić information content (AvgIpc) is 2.50. The molecule has 118 valence electrons. The lowest BCUT2D eigenvalue weighted by atomic mass is 10.1. The normalized spacial score (nSPS) is 11.0. The molecule has 2 rings (SSSR count). The minimum Gasteiger partial charge on any atom is -0.496 e. The molecule has 0 bridgehead atoms. The highest BCUT2D eigenvalue weighted by Gasteiger charge is 2.08. The van der Waals surface area contributed by atoms with E-state index < -0.39 is 0 Å². The third-order valence-corrected chi connectivity index (χ3v) is 3.67. The molecule has 0 aliphatic carbocycles. The van der Waals surface area contributed by atoms with Gasteiger partial charge in [0.05, 0.1) is 13.7 Å². The molecule has 22 heavy (non-hydrogen) atoms. The molecule has 0 aliphatic rings. The second-order valence-corrected chi connectivity index (χ2v) is 5.55. The second-order valence-electron chi connectivity index (χ2n) is 5.55. The number of hydrogen-bond acceptors (Lipinski definition) is 4. The molecule has 0 fully saturated rings. The molecule has 0 radical (unpaired) electrons. The Morgan fingerprint density at radius 1 is 1.09 bits per heavy atom. The molecule has 0 unspecified atom stereocenters. The first-order valence-corrected chi connectivity index (χ1v) is 7.36. The summed E-state index contributed by atoms with van der Waals surface area (Å²) in [6.07, 6.45) is 3.76. The summed E-state index contributed by atoms with van der Waals surface area (Å²) in [5, 5.41) is 0. The Balaban J connectivity index is 2.06. The maximum absolute atomic E-state index is 5.37. The van der Waals surface area contributed by atoms with Crippen LogP contribution in [0.1, 0.15) is 22.3 Å². The van der Waals surface area contributed by atoms with E-state index in [9.17, 15) is 0 Å². The molecule has 1 aromatic carbocycles. The van der Waals surface area contributed by atoms with E-state index >= 15 is 0 Å². The first kappa shape index (κ1) is 16.5. The number of methoxy groups -OCH3 is 2. The smallest absolute Gasteiger partial charge is 0.124 e. The van der Waals surface area contributed by atoms with Crippen LogP contribution >= 0.6 is 0 Å². The summed E-state index contributed by atoms with van der Waals surface area (Å²) >= 11 is 0. The summed E-state index contributed by atoms with van der Waals surface area (Å²) in [5.74, 6) is 0.873. The van der Waals surface area contributed by atoms with Gasteiger partial charge in [-0.15, -0.1) is 0 Å².